The van der Waals surface area contributed by atoms with Crippen LogP contribution in [0.25, 0.3) is 5.65 Å². The maximum absolute atomic E-state index is 4.72. The van der Waals surface area contributed by atoms with Gasteiger partial charge < -0.3 is 15.0 Å². The maximum Gasteiger partial charge on any atom is 0.191 e. The fraction of sp³-hybridized carbons (Fsp3) is 0.450. The van der Waals surface area contributed by atoms with E-state index < -0.39 is 0 Å². The quantitative estimate of drug-likeness (QED) is 0.268. The lowest BCUT2D eigenvalue weighted by molar-refractivity contribution is 0.635. The summed E-state index contributed by atoms with van der Waals surface area (Å²) < 4.78 is 4.97. The summed E-state index contributed by atoms with van der Waals surface area (Å²) in [6, 6.07) is 4.21. The molecule has 1 atom stereocenters. The van der Waals surface area contributed by atoms with Gasteiger partial charge in [-0.05, 0) is 67.7 Å². The van der Waals surface area contributed by atoms with Gasteiger partial charge in [0.25, 0.3) is 0 Å². The number of pyridine rings is 1. The Morgan fingerprint density at radius 3 is 2.69 bits per heavy atom. The van der Waals surface area contributed by atoms with E-state index in [2.05, 4.69) is 64.3 Å². The van der Waals surface area contributed by atoms with Crippen molar-refractivity contribution in [2.24, 2.45) is 12.0 Å². The molecular weight excluding hydrogens is 545 g/mol. The molecule has 158 valence electrons. The standard InChI is InChI=1S/C20H28BrN7.HI/c1-6-22-20(24-13(2)9-18-14(3)26-27(5)15(18)4)23-10-17-12-28-11-16(21)7-8-19(28)25-17;/h7-8,11-13H,6,9-10H2,1-5H3,(H2,22,23,24);1H. The van der Waals surface area contributed by atoms with Crippen LogP contribution in [-0.2, 0) is 20.0 Å². The van der Waals surface area contributed by atoms with Crippen molar-refractivity contribution in [3.8, 4) is 0 Å². The molecular formula is C20H29BrIN7. The Labute approximate surface area is 197 Å². The molecule has 3 aromatic rings. The molecule has 9 heteroatoms. The summed E-state index contributed by atoms with van der Waals surface area (Å²) in [6.45, 7) is 9.74. The molecule has 0 spiro atoms. The van der Waals surface area contributed by atoms with Crippen molar-refractivity contribution < 1.29 is 0 Å². The van der Waals surface area contributed by atoms with Crippen LogP contribution < -0.4 is 10.6 Å². The van der Waals surface area contributed by atoms with E-state index in [0.717, 1.165) is 40.4 Å². The highest BCUT2D eigenvalue weighted by molar-refractivity contribution is 14.0. The van der Waals surface area contributed by atoms with E-state index in [1.165, 1.54) is 11.3 Å². The molecule has 29 heavy (non-hydrogen) atoms. The van der Waals surface area contributed by atoms with E-state index in [1.807, 2.05) is 40.7 Å². The van der Waals surface area contributed by atoms with E-state index in [9.17, 15) is 0 Å². The SMILES string of the molecule is CCNC(=NCc1cn2cc(Br)ccc2n1)NC(C)Cc1c(C)nn(C)c1C.I. The molecule has 0 saturated heterocycles. The molecule has 0 saturated carbocycles. The van der Waals surface area contributed by atoms with E-state index >= 15 is 0 Å². The number of nitrogens with zero attached hydrogens (tertiary/aromatic N) is 5. The van der Waals surface area contributed by atoms with Crippen LogP contribution in [-0.4, -0.2) is 37.7 Å². The van der Waals surface area contributed by atoms with Crippen LogP contribution in [0.15, 0.2) is 34.0 Å². The zero-order valence-electron chi connectivity index (χ0n) is 17.5. The monoisotopic (exact) mass is 573 g/mol. The molecule has 0 radical (unpaired) electrons. The first kappa shape index (κ1) is 23.7. The number of halogens is 2. The fourth-order valence-corrected chi connectivity index (χ4v) is 3.63. The van der Waals surface area contributed by atoms with Crippen LogP contribution in [0.2, 0.25) is 0 Å². The highest BCUT2D eigenvalue weighted by Crippen LogP contribution is 2.15. The summed E-state index contributed by atoms with van der Waals surface area (Å²) in [5.41, 5.74) is 5.45. The van der Waals surface area contributed by atoms with Crippen molar-refractivity contribution >= 4 is 51.5 Å². The number of rotatable bonds is 6. The molecule has 7 nitrogen and oxygen atoms in total. The zero-order valence-corrected chi connectivity index (χ0v) is 21.4. The summed E-state index contributed by atoms with van der Waals surface area (Å²) in [7, 11) is 1.99. The number of aliphatic imine (C=N–C) groups is 1. The minimum absolute atomic E-state index is 0. The van der Waals surface area contributed by atoms with Gasteiger partial charge in [0.1, 0.15) is 5.65 Å². The second kappa shape index (κ2) is 10.4. The van der Waals surface area contributed by atoms with Gasteiger partial charge in [0.15, 0.2) is 5.96 Å². The van der Waals surface area contributed by atoms with Crippen molar-refractivity contribution in [3.05, 3.63) is 51.6 Å². The van der Waals surface area contributed by atoms with E-state index in [4.69, 9.17) is 4.99 Å². The summed E-state index contributed by atoms with van der Waals surface area (Å²) in [5, 5.41) is 11.3. The molecule has 3 aromatic heterocycles. The second-order valence-electron chi connectivity index (χ2n) is 7.06. The van der Waals surface area contributed by atoms with Crippen molar-refractivity contribution in [2.45, 2.75) is 46.7 Å². The molecule has 0 amide bonds. The van der Waals surface area contributed by atoms with Gasteiger partial charge in [-0.15, -0.1) is 24.0 Å². The Balaban J connectivity index is 0.00000300. The summed E-state index contributed by atoms with van der Waals surface area (Å²) in [4.78, 5) is 9.35. The smallest absolute Gasteiger partial charge is 0.191 e. The van der Waals surface area contributed by atoms with Gasteiger partial charge in [0, 0.05) is 42.2 Å². The molecule has 1 unspecified atom stereocenters. The predicted octanol–water partition coefficient (Wildman–Crippen LogP) is 3.75. The molecule has 3 heterocycles. The number of aromatic nitrogens is 4. The number of hydrogen-bond acceptors (Lipinski definition) is 3. The van der Waals surface area contributed by atoms with Crippen LogP contribution in [0.1, 0.15) is 36.5 Å². The van der Waals surface area contributed by atoms with Crippen LogP contribution in [0.3, 0.4) is 0 Å². The molecule has 0 aliphatic heterocycles. The Kier molecular flexibility index (Phi) is 8.50. The number of imidazole rings is 1. The molecule has 2 N–H and O–H groups in total. The van der Waals surface area contributed by atoms with Gasteiger partial charge in [-0.25, -0.2) is 9.98 Å². The molecule has 0 aromatic carbocycles. The summed E-state index contributed by atoms with van der Waals surface area (Å²) in [5.74, 6) is 0.799. The van der Waals surface area contributed by atoms with E-state index in [-0.39, 0.29) is 30.0 Å². The number of fused-ring (bicyclic) bond motifs is 1. The second-order valence-corrected chi connectivity index (χ2v) is 7.98. The average molecular weight is 574 g/mol. The number of hydrogen-bond donors (Lipinski definition) is 2. The zero-order chi connectivity index (χ0) is 20.3. The Morgan fingerprint density at radius 2 is 2.03 bits per heavy atom. The first-order chi connectivity index (χ1) is 13.4. The third-order valence-corrected chi connectivity index (χ3v) is 5.23. The van der Waals surface area contributed by atoms with Crippen molar-refractivity contribution in [2.75, 3.05) is 6.54 Å². The van der Waals surface area contributed by atoms with Gasteiger partial charge in [-0.1, -0.05) is 0 Å². The first-order valence-electron chi connectivity index (χ1n) is 9.54. The predicted molar refractivity (Wildman–Crippen MR) is 132 cm³/mol. The maximum atomic E-state index is 4.72. The summed E-state index contributed by atoms with van der Waals surface area (Å²) >= 11 is 3.49. The topological polar surface area (TPSA) is 71.5 Å². The minimum atomic E-state index is 0. The molecule has 0 bridgehead atoms. The van der Waals surface area contributed by atoms with Gasteiger partial charge in [0.2, 0.25) is 0 Å². The van der Waals surface area contributed by atoms with Gasteiger partial charge in [-0.3, -0.25) is 4.68 Å². The number of aryl methyl sites for hydroxylation is 2. The van der Waals surface area contributed by atoms with Crippen LogP contribution in [0, 0.1) is 13.8 Å². The van der Waals surface area contributed by atoms with Gasteiger partial charge in [0.05, 0.1) is 17.9 Å². The van der Waals surface area contributed by atoms with Crippen LogP contribution in [0.4, 0.5) is 0 Å². The minimum Gasteiger partial charge on any atom is -0.357 e. The fourth-order valence-electron chi connectivity index (χ4n) is 3.28. The largest absolute Gasteiger partial charge is 0.357 e. The Bertz CT molecular complexity index is 992. The molecule has 3 rings (SSSR count). The Hall–Kier alpha value is -1.62. The normalized spacial score (nSPS) is 12.7. The molecule has 0 aliphatic rings. The van der Waals surface area contributed by atoms with E-state index in [0.29, 0.717) is 6.54 Å². The summed E-state index contributed by atoms with van der Waals surface area (Å²) in [6.07, 6.45) is 4.91. The number of nitrogens with one attached hydrogen (secondary N) is 2. The van der Waals surface area contributed by atoms with Gasteiger partial charge in [-0.2, -0.15) is 5.10 Å². The van der Waals surface area contributed by atoms with E-state index in [1.54, 1.807) is 0 Å². The average Bonchev–Trinajstić information content (AvgIpc) is 3.15. The lowest BCUT2D eigenvalue weighted by Gasteiger charge is -2.18. The number of guanidine groups is 1. The highest BCUT2D eigenvalue weighted by Gasteiger charge is 2.14. The van der Waals surface area contributed by atoms with Crippen molar-refractivity contribution in [1.82, 2.24) is 29.8 Å². The molecule has 0 aliphatic carbocycles. The van der Waals surface area contributed by atoms with Gasteiger partial charge >= 0.3 is 0 Å². The first-order valence-corrected chi connectivity index (χ1v) is 10.3. The van der Waals surface area contributed by atoms with Crippen LogP contribution >= 0.6 is 39.9 Å². The highest BCUT2D eigenvalue weighted by atomic mass is 127. The van der Waals surface area contributed by atoms with Crippen LogP contribution in [0.5, 0.6) is 0 Å². The third-order valence-electron chi connectivity index (χ3n) is 4.76. The lowest BCUT2D eigenvalue weighted by Crippen LogP contribution is -2.43. The van der Waals surface area contributed by atoms with Crippen molar-refractivity contribution in [1.29, 1.82) is 0 Å². The Morgan fingerprint density at radius 1 is 1.28 bits per heavy atom. The lowest BCUT2D eigenvalue weighted by atomic mass is 10.1. The third kappa shape index (κ3) is 5.94. The molecule has 0 fully saturated rings. The van der Waals surface area contributed by atoms with Crippen molar-refractivity contribution in [3.63, 3.8) is 0 Å².